The molecule has 0 aromatic heterocycles. The highest BCUT2D eigenvalue weighted by molar-refractivity contribution is 5.76. The molecule has 0 fully saturated rings. The molecule has 2 unspecified atom stereocenters. The molecule has 468 valence electrons. The van der Waals surface area contributed by atoms with Gasteiger partial charge in [-0.15, -0.1) is 0 Å². The van der Waals surface area contributed by atoms with Crippen molar-refractivity contribution in [3.63, 3.8) is 0 Å². The van der Waals surface area contributed by atoms with Crippen molar-refractivity contribution in [2.24, 2.45) is 0 Å². The first-order valence-electron chi connectivity index (χ1n) is 36.1. The van der Waals surface area contributed by atoms with E-state index in [4.69, 9.17) is 4.74 Å². The Balaban J connectivity index is 3.32. The number of hydrogen-bond acceptors (Lipinski definition) is 5. The van der Waals surface area contributed by atoms with Crippen molar-refractivity contribution in [1.29, 1.82) is 0 Å². The molecule has 1 amide bonds. The molecule has 0 heterocycles. The quantitative estimate of drug-likeness (QED) is 0.0320. The number of amides is 1. The Hall–Kier alpha value is -1.66. The van der Waals surface area contributed by atoms with Gasteiger partial charge in [0.15, 0.2) is 0 Å². The summed E-state index contributed by atoms with van der Waals surface area (Å²) in [5.41, 5.74) is 0. The topological polar surface area (TPSA) is 95.9 Å². The fraction of sp³-hybridized carbons (Fsp3) is 0.918. The van der Waals surface area contributed by atoms with E-state index in [1.165, 1.54) is 334 Å². The van der Waals surface area contributed by atoms with Crippen LogP contribution in [0, 0.1) is 0 Å². The fourth-order valence-corrected chi connectivity index (χ4v) is 11.5. The lowest BCUT2D eigenvalue weighted by Gasteiger charge is -2.20. The number of allylic oxidation sites excluding steroid dienone is 3. The molecule has 0 aliphatic carbocycles. The first-order chi connectivity index (χ1) is 39.0. The number of aliphatic hydroxyl groups excluding tert-OH is 2. The van der Waals surface area contributed by atoms with E-state index < -0.39 is 12.1 Å². The molecule has 0 saturated heterocycles. The average Bonchev–Trinajstić information content (AvgIpc) is 3.45. The van der Waals surface area contributed by atoms with Crippen LogP contribution in [0.5, 0.6) is 0 Å². The highest BCUT2D eigenvalue weighted by Crippen LogP contribution is 2.19. The van der Waals surface area contributed by atoms with E-state index in [-0.39, 0.29) is 18.5 Å². The molecule has 0 spiro atoms. The Kier molecular flexibility index (Phi) is 67.4. The van der Waals surface area contributed by atoms with Crippen molar-refractivity contribution in [3.05, 3.63) is 24.3 Å². The van der Waals surface area contributed by atoms with E-state index in [0.29, 0.717) is 19.4 Å². The summed E-state index contributed by atoms with van der Waals surface area (Å²) in [6.45, 7) is 4.93. The predicted octanol–water partition coefficient (Wildman–Crippen LogP) is 23.3. The van der Waals surface area contributed by atoms with Crippen molar-refractivity contribution < 1.29 is 24.5 Å². The third kappa shape index (κ3) is 65.4. The summed E-state index contributed by atoms with van der Waals surface area (Å²) in [4.78, 5) is 24.6. The third-order valence-corrected chi connectivity index (χ3v) is 17.0. The van der Waals surface area contributed by atoms with Crippen LogP contribution in [0.15, 0.2) is 24.3 Å². The van der Waals surface area contributed by atoms with Crippen molar-refractivity contribution in [2.45, 2.75) is 418 Å². The molecule has 0 aromatic rings. The minimum absolute atomic E-state index is 0.0177. The number of aliphatic hydroxyl groups is 2. The zero-order chi connectivity index (χ0) is 57.1. The maximum atomic E-state index is 12.5. The Morgan fingerprint density at radius 3 is 0.899 bits per heavy atom. The molecule has 2 atom stereocenters. The van der Waals surface area contributed by atoms with Gasteiger partial charge in [-0.3, -0.25) is 9.59 Å². The molecule has 6 nitrogen and oxygen atoms in total. The van der Waals surface area contributed by atoms with Gasteiger partial charge in [0.05, 0.1) is 25.4 Å². The number of nitrogens with one attached hydrogen (secondary N) is 1. The number of rotatable bonds is 68. The van der Waals surface area contributed by atoms with E-state index in [2.05, 4.69) is 31.3 Å². The Labute approximate surface area is 494 Å². The number of ether oxygens (including phenoxy) is 1. The summed E-state index contributed by atoms with van der Waals surface area (Å²) in [6.07, 6.45) is 87.0. The van der Waals surface area contributed by atoms with Gasteiger partial charge in [0.1, 0.15) is 0 Å². The second kappa shape index (κ2) is 68.8. The lowest BCUT2D eigenvalue weighted by Crippen LogP contribution is -2.45. The summed E-state index contributed by atoms with van der Waals surface area (Å²) >= 11 is 0. The fourth-order valence-electron chi connectivity index (χ4n) is 11.5. The summed E-state index contributed by atoms with van der Waals surface area (Å²) in [7, 11) is 0. The summed E-state index contributed by atoms with van der Waals surface area (Å²) in [5, 5.41) is 23.1. The highest BCUT2D eigenvalue weighted by Gasteiger charge is 2.18. The van der Waals surface area contributed by atoms with Gasteiger partial charge in [-0.2, -0.15) is 0 Å². The Morgan fingerprint density at radius 1 is 0.342 bits per heavy atom. The maximum Gasteiger partial charge on any atom is 0.305 e. The van der Waals surface area contributed by atoms with Crippen LogP contribution in [0.4, 0.5) is 0 Å². The number of carbonyl (C=O) groups excluding carboxylic acids is 2. The van der Waals surface area contributed by atoms with E-state index in [1.807, 2.05) is 6.08 Å². The van der Waals surface area contributed by atoms with E-state index in [0.717, 1.165) is 44.9 Å². The van der Waals surface area contributed by atoms with E-state index in [1.54, 1.807) is 6.08 Å². The zero-order valence-corrected chi connectivity index (χ0v) is 53.6. The molecule has 0 aliphatic rings. The van der Waals surface area contributed by atoms with Crippen molar-refractivity contribution in [3.8, 4) is 0 Å². The molecule has 0 aromatic carbocycles. The van der Waals surface area contributed by atoms with Crippen LogP contribution >= 0.6 is 0 Å². The zero-order valence-electron chi connectivity index (χ0n) is 53.6. The molecule has 6 heteroatoms. The summed E-state index contributed by atoms with van der Waals surface area (Å²) < 4.78 is 5.51. The second-order valence-electron chi connectivity index (χ2n) is 24.9. The lowest BCUT2D eigenvalue weighted by molar-refractivity contribution is -0.143. The monoisotopic (exact) mass is 1110 g/mol. The van der Waals surface area contributed by atoms with Gasteiger partial charge in [-0.25, -0.2) is 0 Å². The number of carbonyl (C=O) groups is 2. The maximum absolute atomic E-state index is 12.5. The van der Waals surface area contributed by atoms with Crippen LogP contribution in [0.25, 0.3) is 0 Å². The van der Waals surface area contributed by atoms with Gasteiger partial charge in [-0.1, -0.05) is 359 Å². The van der Waals surface area contributed by atoms with Crippen LogP contribution in [-0.4, -0.2) is 47.4 Å². The van der Waals surface area contributed by atoms with Crippen LogP contribution in [0.3, 0.4) is 0 Å². The van der Waals surface area contributed by atoms with Crippen LogP contribution in [-0.2, 0) is 14.3 Å². The van der Waals surface area contributed by atoms with Gasteiger partial charge in [0.25, 0.3) is 0 Å². The third-order valence-electron chi connectivity index (χ3n) is 17.0. The number of hydrogen-bond donors (Lipinski definition) is 3. The molecule has 0 rings (SSSR count). The smallest absolute Gasteiger partial charge is 0.305 e. The number of unbranched alkanes of at least 4 members (excludes halogenated alkanes) is 55. The predicted molar refractivity (Wildman–Crippen MR) is 347 cm³/mol. The first-order valence-corrected chi connectivity index (χ1v) is 36.1. The van der Waals surface area contributed by atoms with Crippen molar-refractivity contribution >= 4 is 11.9 Å². The van der Waals surface area contributed by atoms with Gasteiger partial charge < -0.3 is 20.3 Å². The standard InChI is InChI=1S/C73H141NO5/c1-3-5-7-9-11-13-15-17-19-35-39-43-47-51-55-59-63-67-73(78)79-68-64-60-56-52-48-44-40-37-34-32-30-28-26-24-22-20-21-23-25-27-29-31-33-36-38-42-46-50-54-58-62-66-72(77)74-70(69-75)71(76)65-61-57-53-49-45-41-18-16-14-12-10-8-6-4-2/h17,19,61,65,70-71,75-76H,3-16,18,20-60,62-64,66-69H2,1-2H3,(H,74,77)/b19-17-,65-61+. The van der Waals surface area contributed by atoms with E-state index in [9.17, 15) is 19.8 Å². The average molecular weight is 1110 g/mol. The molecule has 3 N–H and O–H groups in total. The molecule has 0 bridgehead atoms. The normalized spacial score (nSPS) is 12.6. The Morgan fingerprint density at radius 2 is 0.595 bits per heavy atom. The highest BCUT2D eigenvalue weighted by atomic mass is 16.5. The molecule has 79 heavy (non-hydrogen) atoms. The summed E-state index contributed by atoms with van der Waals surface area (Å²) in [5.74, 6) is -0.0438. The van der Waals surface area contributed by atoms with Crippen molar-refractivity contribution in [1.82, 2.24) is 5.32 Å². The van der Waals surface area contributed by atoms with E-state index >= 15 is 0 Å². The minimum atomic E-state index is -0.841. The molecular weight excluding hydrogens is 971 g/mol. The first kappa shape index (κ1) is 77.3. The lowest BCUT2D eigenvalue weighted by atomic mass is 10.0. The van der Waals surface area contributed by atoms with Crippen LogP contribution in [0.1, 0.15) is 406 Å². The molecule has 0 aliphatic heterocycles. The largest absolute Gasteiger partial charge is 0.466 e. The number of esters is 1. The summed E-state index contributed by atoms with van der Waals surface area (Å²) in [6, 6.07) is -0.624. The van der Waals surface area contributed by atoms with Gasteiger partial charge in [-0.05, 0) is 57.8 Å². The molecule has 0 radical (unpaired) electrons. The van der Waals surface area contributed by atoms with Crippen LogP contribution < -0.4 is 5.32 Å². The molecular formula is C73H141NO5. The molecule has 0 saturated carbocycles. The van der Waals surface area contributed by atoms with Gasteiger partial charge in [0.2, 0.25) is 5.91 Å². The SMILES string of the molecule is CCCCCCCC/C=C\CCCCCCCCCC(=O)OCCCCCCCCCCCCCCCCCCCCCCCCCCCCCCCCCC(=O)NC(CO)C(O)/C=C/CCCCCCCCCCCCCC. The Bertz CT molecular complexity index is 1230. The minimum Gasteiger partial charge on any atom is -0.466 e. The second-order valence-corrected chi connectivity index (χ2v) is 24.9. The van der Waals surface area contributed by atoms with Crippen molar-refractivity contribution in [2.75, 3.05) is 13.2 Å². The van der Waals surface area contributed by atoms with Gasteiger partial charge in [0, 0.05) is 12.8 Å². The van der Waals surface area contributed by atoms with Gasteiger partial charge >= 0.3 is 5.97 Å². The van der Waals surface area contributed by atoms with Crippen LogP contribution in [0.2, 0.25) is 0 Å².